The number of halogens is 1. The summed E-state index contributed by atoms with van der Waals surface area (Å²) in [5.41, 5.74) is 2.93. The minimum atomic E-state index is -0.349. The van der Waals surface area contributed by atoms with Crippen molar-refractivity contribution in [2.24, 2.45) is 17.3 Å². The molecular formula is C19H20BrN3O2. The normalized spacial score (nSPS) is 35.9. The van der Waals surface area contributed by atoms with Gasteiger partial charge in [0.05, 0.1) is 16.3 Å². The third kappa shape index (κ3) is 2.37. The summed E-state index contributed by atoms with van der Waals surface area (Å²) >= 11 is 3.93. The van der Waals surface area contributed by atoms with E-state index in [2.05, 4.69) is 26.3 Å². The van der Waals surface area contributed by atoms with Gasteiger partial charge in [0.25, 0.3) is 5.56 Å². The predicted octanol–water partition coefficient (Wildman–Crippen LogP) is 3.20. The summed E-state index contributed by atoms with van der Waals surface area (Å²) in [6.45, 7) is 0. The van der Waals surface area contributed by atoms with Crippen LogP contribution in [0.15, 0.2) is 35.4 Å². The van der Waals surface area contributed by atoms with E-state index in [1.807, 2.05) is 12.1 Å². The van der Waals surface area contributed by atoms with E-state index in [1.54, 1.807) is 12.1 Å². The molecule has 1 aromatic heterocycles. The summed E-state index contributed by atoms with van der Waals surface area (Å²) in [7, 11) is 0. The van der Waals surface area contributed by atoms with Gasteiger partial charge in [0.15, 0.2) is 0 Å². The molecule has 4 bridgehead atoms. The number of nitrogens with one attached hydrogen (secondary N) is 1. The van der Waals surface area contributed by atoms with Crippen molar-refractivity contribution in [2.75, 3.05) is 5.43 Å². The van der Waals surface area contributed by atoms with Gasteiger partial charge in [-0.3, -0.25) is 15.0 Å². The molecule has 4 fully saturated rings. The van der Waals surface area contributed by atoms with Crippen LogP contribution in [0.3, 0.4) is 0 Å². The first-order valence-electron chi connectivity index (χ1n) is 8.93. The van der Waals surface area contributed by atoms with E-state index >= 15 is 0 Å². The molecule has 0 spiro atoms. The fraction of sp³-hybridized carbons (Fsp3) is 0.526. The zero-order chi connectivity index (χ0) is 17.2. The average Bonchev–Trinajstić information content (AvgIpc) is 2.55. The fourth-order valence-corrected chi connectivity index (χ4v) is 7.25. The largest absolute Gasteiger partial charge is 0.280 e. The van der Waals surface area contributed by atoms with Crippen molar-refractivity contribution >= 4 is 32.7 Å². The average molecular weight is 402 g/mol. The van der Waals surface area contributed by atoms with Gasteiger partial charge in [0.2, 0.25) is 5.91 Å². The molecule has 2 aromatic rings. The Balaban J connectivity index is 1.48. The summed E-state index contributed by atoms with van der Waals surface area (Å²) < 4.78 is 1.37. The summed E-state index contributed by atoms with van der Waals surface area (Å²) in [6, 6.07) is 7.20. The van der Waals surface area contributed by atoms with Crippen LogP contribution in [0.2, 0.25) is 0 Å². The number of alkyl halides is 1. The molecule has 4 saturated carbocycles. The van der Waals surface area contributed by atoms with Gasteiger partial charge in [-0.2, -0.15) is 0 Å². The van der Waals surface area contributed by atoms with Crippen LogP contribution in [0.5, 0.6) is 0 Å². The highest BCUT2D eigenvalue weighted by molar-refractivity contribution is 9.10. The van der Waals surface area contributed by atoms with Crippen molar-refractivity contribution in [3.63, 3.8) is 0 Å². The second-order valence-corrected chi connectivity index (χ2v) is 9.95. The number of para-hydroxylation sites is 1. The van der Waals surface area contributed by atoms with Crippen LogP contribution >= 0.6 is 15.9 Å². The SMILES string of the molecule is O=C(Nn1cnc2ccccc2c1=O)C12CC3CC(CC(Br)(C3)C1)C2. The second kappa shape index (κ2) is 5.16. The van der Waals surface area contributed by atoms with Gasteiger partial charge < -0.3 is 0 Å². The molecule has 4 aliphatic carbocycles. The first-order chi connectivity index (χ1) is 12.0. The summed E-state index contributed by atoms with van der Waals surface area (Å²) in [6.07, 6.45) is 7.78. The minimum absolute atomic E-state index is 0.0235. The minimum Gasteiger partial charge on any atom is -0.273 e. The molecule has 4 aliphatic rings. The monoisotopic (exact) mass is 401 g/mol. The number of benzene rings is 1. The summed E-state index contributed by atoms with van der Waals surface area (Å²) in [4.78, 5) is 30.1. The Labute approximate surface area is 153 Å². The van der Waals surface area contributed by atoms with Crippen LogP contribution in [0.25, 0.3) is 10.9 Å². The Kier molecular flexibility index (Phi) is 3.21. The number of nitrogens with zero attached hydrogens (tertiary/aromatic N) is 2. The molecule has 6 heteroatoms. The molecule has 0 radical (unpaired) electrons. The van der Waals surface area contributed by atoms with Gasteiger partial charge in [-0.1, -0.05) is 28.1 Å². The standard InChI is InChI=1S/C19H20BrN3O2/c20-19-8-12-5-13(9-19)7-18(6-12,10-19)17(25)22-23-11-21-15-4-2-1-3-14(15)16(23)24/h1-4,11-13H,5-10H2,(H,22,25). The number of amides is 1. The third-order valence-electron chi connectivity index (χ3n) is 6.36. The lowest BCUT2D eigenvalue weighted by Gasteiger charge is -2.59. The molecule has 1 amide bonds. The maximum absolute atomic E-state index is 13.2. The highest BCUT2D eigenvalue weighted by Crippen LogP contribution is 2.64. The van der Waals surface area contributed by atoms with Crippen LogP contribution in [0.4, 0.5) is 0 Å². The highest BCUT2D eigenvalue weighted by Gasteiger charge is 2.59. The highest BCUT2D eigenvalue weighted by atomic mass is 79.9. The molecule has 0 saturated heterocycles. The molecular weight excluding hydrogens is 382 g/mol. The maximum atomic E-state index is 13.2. The van der Waals surface area contributed by atoms with Crippen molar-refractivity contribution in [3.8, 4) is 0 Å². The first-order valence-corrected chi connectivity index (χ1v) is 9.73. The summed E-state index contributed by atoms with van der Waals surface area (Å²) in [5.74, 6) is 1.22. The molecule has 0 aliphatic heterocycles. The van der Waals surface area contributed by atoms with Crippen molar-refractivity contribution in [1.29, 1.82) is 0 Å². The Bertz CT molecular complexity index is 924. The van der Waals surface area contributed by atoms with Crippen LogP contribution in [0.1, 0.15) is 38.5 Å². The van der Waals surface area contributed by atoms with Gasteiger partial charge >= 0.3 is 0 Å². The lowest BCUT2D eigenvalue weighted by Crippen LogP contribution is -2.58. The number of carbonyl (C=O) groups is 1. The zero-order valence-electron chi connectivity index (χ0n) is 13.9. The lowest BCUT2D eigenvalue weighted by atomic mass is 9.49. The van der Waals surface area contributed by atoms with E-state index in [4.69, 9.17) is 0 Å². The second-order valence-electron chi connectivity index (χ2n) is 8.27. The Morgan fingerprint density at radius 2 is 1.92 bits per heavy atom. The number of hydrogen-bond acceptors (Lipinski definition) is 3. The van der Waals surface area contributed by atoms with Crippen molar-refractivity contribution < 1.29 is 4.79 Å². The molecule has 25 heavy (non-hydrogen) atoms. The van der Waals surface area contributed by atoms with E-state index in [0.29, 0.717) is 22.7 Å². The molecule has 2 unspecified atom stereocenters. The van der Waals surface area contributed by atoms with Crippen LogP contribution in [0, 0.1) is 17.3 Å². The first kappa shape index (κ1) is 15.6. The smallest absolute Gasteiger partial charge is 0.273 e. The molecule has 130 valence electrons. The van der Waals surface area contributed by atoms with Gasteiger partial charge in [-0.15, -0.1) is 0 Å². The number of fused-ring (bicyclic) bond motifs is 1. The summed E-state index contributed by atoms with van der Waals surface area (Å²) in [5, 5.41) is 0.521. The number of hydrogen-bond donors (Lipinski definition) is 1. The van der Waals surface area contributed by atoms with E-state index in [1.165, 1.54) is 30.3 Å². The Hall–Kier alpha value is -1.69. The van der Waals surface area contributed by atoms with Gasteiger partial charge in [-0.05, 0) is 62.5 Å². The van der Waals surface area contributed by atoms with E-state index in [0.717, 1.165) is 19.3 Å². The molecule has 5 nitrogen and oxygen atoms in total. The number of carbonyl (C=O) groups excluding carboxylic acids is 1. The van der Waals surface area contributed by atoms with Crippen molar-refractivity contribution in [2.45, 2.75) is 42.8 Å². The van der Waals surface area contributed by atoms with Crippen molar-refractivity contribution in [1.82, 2.24) is 9.66 Å². The van der Waals surface area contributed by atoms with Gasteiger partial charge in [-0.25, -0.2) is 9.66 Å². The molecule has 6 rings (SSSR count). The van der Waals surface area contributed by atoms with Gasteiger partial charge in [0, 0.05) is 4.32 Å². The van der Waals surface area contributed by atoms with Gasteiger partial charge in [0.1, 0.15) is 6.33 Å². The third-order valence-corrected chi connectivity index (χ3v) is 7.29. The maximum Gasteiger partial charge on any atom is 0.280 e. The van der Waals surface area contributed by atoms with E-state index < -0.39 is 0 Å². The number of rotatable bonds is 2. The van der Waals surface area contributed by atoms with Crippen LogP contribution in [-0.4, -0.2) is 19.9 Å². The number of aromatic nitrogens is 2. The Morgan fingerprint density at radius 3 is 2.64 bits per heavy atom. The molecule has 1 heterocycles. The van der Waals surface area contributed by atoms with Crippen LogP contribution in [-0.2, 0) is 4.79 Å². The topological polar surface area (TPSA) is 64.0 Å². The predicted molar refractivity (Wildman–Crippen MR) is 99.1 cm³/mol. The fourth-order valence-electron chi connectivity index (χ4n) is 5.79. The van der Waals surface area contributed by atoms with Crippen LogP contribution < -0.4 is 11.0 Å². The zero-order valence-corrected chi connectivity index (χ0v) is 15.5. The molecule has 2 atom stereocenters. The van der Waals surface area contributed by atoms with E-state index in [9.17, 15) is 9.59 Å². The molecule has 1 aromatic carbocycles. The molecule has 1 N–H and O–H groups in total. The quantitative estimate of drug-likeness (QED) is 0.785. The van der Waals surface area contributed by atoms with Crippen molar-refractivity contribution in [3.05, 3.63) is 40.9 Å². The lowest BCUT2D eigenvalue weighted by molar-refractivity contribution is -0.139. The van der Waals surface area contributed by atoms with E-state index in [-0.39, 0.29) is 21.2 Å². The Morgan fingerprint density at radius 1 is 1.20 bits per heavy atom.